The average Bonchev–Trinajstić information content (AvgIpc) is 2.20. The number of fused-ring (bicyclic) bond motifs is 1. The van der Waals surface area contributed by atoms with Crippen LogP contribution >= 0.6 is 12.2 Å². The second-order valence-corrected chi connectivity index (χ2v) is 2.99. The molecule has 68 valence electrons. The molecule has 2 rings (SSSR count). The predicted molar refractivity (Wildman–Crippen MR) is 60.8 cm³/mol. The zero-order chi connectivity index (χ0) is 9.97. The molecule has 0 saturated carbocycles. The number of isothiocyanates is 1. The molecular formula is C10H7N3S. The number of benzene rings is 1. The van der Waals surface area contributed by atoms with Crippen molar-refractivity contribution in [2.24, 2.45) is 4.99 Å². The standard InChI is InChI=1S/C10H7N3S/c11-9-3-4-12-10-2-1-7(13-6-14)5-8(9)10/h1-5H,(H2,11,12). The van der Waals surface area contributed by atoms with Crippen molar-refractivity contribution in [2.45, 2.75) is 0 Å². The largest absolute Gasteiger partial charge is 0.398 e. The Bertz CT molecular complexity index is 530. The highest BCUT2D eigenvalue weighted by Crippen LogP contribution is 2.23. The topological polar surface area (TPSA) is 51.3 Å². The minimum absolute atomic E-state index is 0.691. The summed E-state index contributed by atoms with van der Waals surface area (Å²) in [7, 11) is 0. The third-order valence-corrected chi connectivity index (χ3v) is 2.02. The maximum Gasteiger partial charge on any atom is 0.0747 e. The molecular weight excluding hydrogens is 194 g/mol. The Morgan fingerprint density at radius 1 is 1.36 bits per heavy atom. The minimum atomic E-state index is 0.691. The first-order valence-electron chi connectivity index (χ1n) is 4.03. The van der Waals surface area contributed by atoms with Gasteiger partial charge >= 0.3 is 0 Å². The van der Waals surface area contributed by atoms with Gasteiger partial charge in [0.15, 0.2) is 0 Å². The van der Waals surface area contributed by atoms with Gasteiger partial charge in [0.25, 0.3) is 0 Å². The normalized spacial score (nSPS) is 9.71. The zero-order valence-electron chi connectivity index (χ0n) is 7.27. The molecule has 3 nitrogen and oxygen atoms in total. The number of aliphatic imine (C=N–C) groups is 1. The highest BCUT2D eigenvalue weighted by molar-refractivity contribution is 7.78. The number of pyridine rings is 1. The predicted octanol–water partition coefficient (Wildman–Crippen LogP) is 2.55. The van der Waals surface area contributed by atoms with E-state index >= 15 is 0 Å². The highest BCUT2D eigenvalue weighted by Gasteiger charge is 1.99. The average molecular weight is 201 g/mol. The number of hydrogen-bond acceptors (Lipinski definition) is 4. The summed E-state index contributed by atoms with van der Waals surface area (Å²) in [5, 5.41) is 3.20. The van der Waals surface area contributed by atoms with Gasteiger partial charge in [-0.25, -0.2) is 0 Å². The molecule has 0 atom stereocenters. The van der Waals surface area contributed by atoms with E-state index in [1.165, 1.54) is 0 Å². The quantitative estimate of drug-likeness (QED) is 0.569. The van der Waals surface area contributed by atoms with Crippen LogP contribution < -0.4 is 5.73 Å². The number of nitrogens with zero attached hydrogens (tertiary/aromatic N) is 2. The van der Waals surface area contributed by atoms with Crippen molar-refractivity contribution in [3.8, 4) is 0 Å². The number of anilines is 1. The Labute approximate surface area is 86.3 Å². The summed E-state index contributed by atoms with van der Waals surface area (Å²) in [5.74, 6) is 0. The van der Waals surface area contributed by atoms with Crippen LogP contribution in [-0.4, -0.2) is 10.1 Å². The fraction of sp³-hybridized carbons (Fsp3) is 0. The number of rotatable bonds is 1. The van der Waals surface area contributed by atoms with Crippen LogP contribution in [0.2, 0.25) is 0 Å². The van der Waals surface area contributed by atoms with E-state index in [2.05, 4.69) is 27.4 Å². The number of nitrogen functional groups attached to an aromatic ring is 1. The van der Waals surface area contributed by atoms with Crippen LogP contribution in [0.1, 0.15) is 0 Å². The van der Waals surface area contributed by atoms with E-state index in [9.17, 15) is 0 Å². The van der Waals surface area contributed by atoms with Crippen molar-refractivity contribution < 1.29 is 0 Å². The molecule has 0 fully saturated rings. The van der Waals surface area contributed by atoms with Gasteiger partial charge in [0, 0.05) is 17.3 Å². The number of thiocarbonyl (C=S) groups is 1. The molecule has 0 bridgehead atoms. The van der Waals surface area contributed by atoms with E-state index in [4.69, 9.17) is 5.73 Å². The van der Waals surface area contributed by atoms with Gasteiger partial charge in [-0.05, 0) is 36.5 Å². The number of aromatic nitrogens is 1. The molecule has 0 unspecified atom stereocenters. The molecule has 1 heterocycles. The number of nitrogens with two attached hydrogens (primary N) is 1. The highest BCUT2D eigenvalue weighted by atomic mass is 32.1. The van der Waals surface area contributed by atoms with E-state index in [1.807, 2.05) is 18.2 Å². The molecule has 2 N–H and O–H groups in total. The SMILES string of the molecule is Nc1ccnc2ccc(N=C=S)cc12. The molecule has 4 heteroatoms. The lowest BCUT2D eigenvalue weighted by molar-refractivity contribution is 1.41. The van der Waals surface area contributed by atoms with E-state index in [-0.39, 0.29) is 0 Å². The lowest BCUT2D eigenvalue weighted by Crippen LogP contribution is -1.87. The fourth-order valence-corrected chi connectivity index (χ4v) is 1.38. The van der Waals surface area contributed by atoms with Crippen molar-refractivity contribution in [2.75, 3.05) is 5.73 Å². The Morgan fingerprint density at radius 2 is 2.21 bits per heavy atom. The van der Waals surface area contributed by atoms with Crippen molar-refractivity contribution in [3.05, 3.63) is 30.5 Å². The van der Waals surface area contributed by atoms with Gasteiger partial charge in [-0.2, -0.15) is 4.99 Å². The Kier molecular flexibility index (Phi) is 2.23. The summed E-state index contributed by atoms with van der Waals surface area (Å²) in [6, 6.07) is 7.29. The van der Waals surface area contributed by atoms with Crippen LogP contribution in [0.25, 0.3) is 10.9 Å². The summed E-state index contributed by atoms with van der Waals surface area (Å²) in [6.07, 6.45) is 1.68. The van der Waals surface area contributed by atoms with Crippen LogP contribution in [0.15, 0.2) is 35.5 Å². The van der Waals surface area contributed by atoms with E-state index in [0.717, 1.165) is 16.6 Å². The second kappa shape index (κ2) is 3.54. The minimum Gasteiger partial charge on any atom is -0.398 e. The molecule has 0 aliphatic rings. The Hall–Kier alpha value is -1.77. The van der Waals surface area contributed by atoms with Crippen molar-refractivity contribution in [3.63, 3.8) is 0 Å². The maximum absolute atomic E-state index is 5.79. The van der Waals surface area contributed by atoms with Crippen LogP contribution in [0.3, 0.4) is 0 Å². The first-order chi connectivity index (χ1) is 6.81. The molecule has 0 aliphatic carbocycles. The molecule has 2 aromatic rings. The molecule has 0 radical (unpaired) electrons. The van der Waals surface area contributed by atoms with Gasteiger partial charge in [-0.1, -0.05) is 0 Å². The smallest absolute Gasteiger partial charge is 0.0747 e. The van der Waals surface area contributed by atoms with E-state index < -0.39 is 0 Å². The molecule has 0 spiro atoms. The summed E-state index contributed by atoms with van der Waals surface area (Å²) in [6.45, 7) is 0. The Balaban J connectivity index is 2.75. The van der Waals surface area contributed by atoms with Crippen LogP contribution in [-0.2, 0) is 0 Å². The molecule has 1 aromatic heterocycles. The fourth-order valence-electron chi connectivity index (χ4n) is 1.28. The van der Waals surface area contributed by atoms with E-state index in [1.54, 1.807) is 12.3 Å². The van der Waals surface area contributed by atoms with Crippen molar-refractivity contribution in [1.82, 2.24) is 4.98 Å². The van der Waals surface area contributed by atoms with Crippen LogP contribution in [0.5, 0.6) is 0 Å². The summed E-state index contributed by atoms with van der Waals surface area (Å²) < 4.78 is 0. The van der Waals surface area contributed by atoms with Gasteiger partial charge in [-0.3, -0.25) is 4.98 Å². The van der Waals surface area contributed by atoms with Gasteiger partial charge in [0.05, 0.1) is 16.4 Å². The van der Waals surface area contributed by atoms with Crippen LogP contribution in [0.4, 0.5) is 11.4 Å². The molecule has 0 saturated heterocycles. The summed E-state index contributed by atoms with van der Waals surface area (Å²) in [4.78, 5) is 8.05. The van der Waals surface area contributed by atoms with Crippen LogP contribution in [0, 0.1) is 0 Å². The monoisotopic (exact) mass is 201 g/mol. The van der Waals surface area contributed by atoms with Crippen molar-refractivity contribution >= 4 is 39.7 Å². The molecule has 1 aromatic carbocycles. The first kappa shape index (κ1) is 8.81. The lowest BCUT2D eigenvalue weighted by atomic mass is 10.2. The zero-order valence-corrected chi connectivity index (χ0v) is 8.08. The van der Waals surface area contributed by atoms with Gasteiger partial charge in [0.1, 0.15) is 0 Å². The summed E-state index contributed by atoms with van der Waals surface area (Å²) in [5.41, 5.74) is 8.08. The second-order valence-electron chi connectivity index (χ2n) is 2.80. The Morgan fingerprint density at radius 3 is 3.00 bits per heavy atom. The van der Waals surface area contributed by atoms with E-state index in [0.29, 0.717) is 5.69 Å². The molecule has 0 amide bonds. The number of hydrogen-bond donors (Lipinski definition) is 1. The maximum atomic E-state index is 5.79. The van der Waals surface area contributed by atoms with Gasteiger partial charge in [-0.15, -0.1) is 0 Å². The first-order valence-corrected chi connectivity index (χ1v) is 4.44. The third-order valence-electron chi connectivity index (χ3n) is 1.93. The van der Waals surface area contributed by atoms with Gasteiger partial charge in [0.2, 0.25) is 0 Å². The lowest BCUT2D eigenvalue weighted by Gasteiger charge is -2.00. The third kappa shape index (κ3) is 1.48. The molecule has 14 heavy (non-hydrogen) atoms. The van der Waals surface area contributed by atoms with Gasteiger partial charge < -0.3 is 5.73 Å². The summed E-state index contributed by atoms with van der Waals surface area (Å²) >= 11 is 4.53. The molecule has 0 aliphatic heterocycles. The van der Waals surface area contributed by atoms with Crippen molar-refractivity contribution in [1.29, 1.82) is 0 Å².